The Morgan fingerprint density at radius 2 is 2.27 bits per heavy atom. The van der Waals surface area contributed by atoms with Crippen LogP contribution >= 0.6 is 11.6 Å². The molecule has 1 aromatic heterocycles. The summed E-state index contributed by atoms with van der Waals surface area (Å²) in [5, 5.41) is 3.81. The summed E-state index contributed by atoms with van der Waals surface area (Å²) in [5.41, 5.74) is 2.80. The minimum absolute atomic E-state index is 0.679. The van der Waals surface area contributed by atoms with Crippen LogP contribution in [0.4, 0.5) is 0 Å². The normalized spacial score (nSPS) is 11.1. The van der Waals surface area contributed by atoms with Gasteiger partial charge in [-0.05, 0) is 37.7 Å². The van der Waals surface area contributed by atoms with E-state index in [1.807, 2.05) is 26.1 Å². The second kappa shape index (κ2) is 4.21. The van der Waals surface area contributed by atoms with E-state index in [4.69, 9.17) is 16.0 Å². The molecule has 1 aromatic carbocycles. The van der Waals surface area contributed by atoms with E-state index in [2.05, 4.69) is 10.3 Å². The molecular weight excluding hydrogens is 212 g/mol. The third-order valence-corrected chi connectivity index (χ3v) is 2.50. The molecule has 1 N–H and O–H groups in total. The number of nitrogens with zero attached hydrogens (tertiary/aromatic N) is 1. The maximum absolute atomic E-state index is 6.01. The van der Waals surface area contributed by atoms with Gasteiger partial charge < -0.3 is 9.73 Å². The fourth-order valence-corrected chi connectivity index (χ4v) is 1.86. The topological polar surface area (TPSA) is 38.1 Å². The molecule has 0 radical (unpaired) electrons. The number of hydrogen-bond acceptors (Lipinski definition) is 3. The van der Waals surface area contributed by atoms with Crippen LogP contribution in [0.2, 0.25) is 5.02 Å². The summed E-state index contributed by atoms with van der Waals surface area (Å²) in [6.07, 6.45) is 0.891. The first-order chi connectivity index (χ1) is 7.20. The van der Waals surface area contributed by atoms with Crippen molar-refractivity contribution in [2.75, 3.05) is 13.6 Å². The van der Waals surface area contributed by atoms with Gasteiger partial charge in [0.1, 0.15) is 5.52 Å². The standard InChI is InChI=1S/C11H13ClN2O/c1-7-14-10-6-9(12)5-8(3-4-13-2)11(10)15-7/h5-6,13H,3-4H2,1-2H3. The van der Waals surface area contributed by atoms with Crippen LogP contribution in [0.15, 0.2) is 16.5 Å². The van der Waals surface area contributed by atoms with Crippen LogP contribution in [-0.2, 0) is 6.42 Å². The fourth-order valence-electron chi connectivity index (χ4n) is 1.62. The number of oxazole rings is 1. The number of aryl methyl sites for hydroxylation is 1. The van der Waals surface area contributed by atoms with Crippen molar-refractivity contribution in [2.45, 2.75) is 13.3 Å². The van der Waals surface area contributed by atoms with Gasteiger partial charge in [0, 0.05) is 11.9 Å². The molecule has 2 aromatic rings. The van der Waals surface area contributed by atoms with Crippen LogP contribution < -0.4 is 5.32 Å². The number of nitrogens with one attached hydrogen (secondary N) is 1. The van der Waals surface area contributed by atoms with E-state index in [9.17, 15) is 0 Å². The van der Waals surface area contributed by atoms with Crippen LogP contribution in [0.25, 0.3) is 11.1 Å². The quantitative estimate of drug-likeness (QED) is 0.871. The molecule has 0 aliphatic rings. The highest BCUT2D eigenvalue weighted by Crippen LogP contribution is 2.24. The van der Waals surface area contributed by atoms with Crippen molar-refractivity contribution in [1.82, 2.24) is 10.3 Å². The predicted molar refractivity (Wildman–Crippen MR) is 61.4 cm³/mol. The van der Waals surface area contributed by atoms with E-state index in [0.717, 1.165) is 29.6 Å². The highest BCUT2D eigenvalue weighted by Gasteiger charge is 2.09. The van der Waals surface area contributed by atoms with Crippen molar-refractivity contribution in [3.63, 3.8) is 0 Å². The number of aromatic nitrogens is 1. The summed E-state index contributed by atoms with van der Waals surface area (Å²) < 4.78 is 5.55. The number of halogens is 1. The zero-order chi connectivity index (χ0) is 10.8. The summed E-state index contributed by atoms with van der Waals surface area (Å²) in [7, 11) is 1.92. The van der Waals surface area contributed by atoms with Gasteiger partial charge in [-0.15, -0.1) is 0 Å². The van der Waals surface area contributed by atoms with Gasteiger partial charge in [0.2, 0.25) is 0 Å². The Morgan fingerprint density at radius 3 is 3.00 bits per heavy atom. The SMILES string of the molecule is CNCCc1cc(Cl)cc2nc(C)oc12. The second-order valence-corrected chi connectivity index (χ2v) is 3.94. The monoisotopic (exact) mass is 224 g/mol. The lowest BCUT2D eigenvalue weighted by Gasteiger charge is -2.01. The molecule has 0 unspecified atom stereocenters. The first-order valence-corrected chi connectivity index (χ1v) is 5.28. The van der Waals surface area contributed by atoms with Gasteiger partial charge in [-0.25, -0.2) is 4.98 Å². The van der Waals surface area contributed by atoms with Crippen molar-refractivity contribution in [3.8, 4) is 0 Å². The first kappa shape index (κ1) is 10.5. The van der Waals surface area contributed by atoms with Gasteiger partial charge in [0.05, 0.1) is 0 Å². The third-order valence-electron chi connectivity index (χ3n) is 2.28. The molecule has 2 rings (SSSR count). The highest BCUT2D eigenvalue weighted by molar-refractivity contribution is 6.31. The highest BCUT2D eigenvalue weighted by atomic mass is 35.5. The van der Waals surface area contributed by atoms with Gasteiger partial charge in [-0.3, -0.25) is 0 Å². The smallest absolute Gasteiger partial charge is 0.192 e. The number of benzene rings is 1. The van der Waals surface area contributed by atoms with E-state index >= 15 is 0 Å². The Labute approximate surface area is 93.4 Å². The van der Waals surface area contributed by atoms with Crippen LogP contribution in [0, 0.1) is 6.92 Å². The number of likely N-dealkylation sites (N-methyl/N-ethyl adjacent to an activating group) is 1. The third kappa shape index (κ3) is 2.13. The Morgan fingerprint density at radius 1 is 1.47 bits per heavy atom. The number of rotatable bonds is 3. The van der Waals surface area contributed by atoms with Gasteiger partial charge in [0.25, 0.3) is 0 Å². The van der Waals surface area contributed by atoms with Crippen LogP contribution in [0.3, 0.4) is 0 Å². The molecule has 4 heteroatoms. The van der Waals surface area contributed by atoms with E-state index in [0.29, 0.717) is 10.9 Å². The maximum atomic E-state index is 6.01. The molecule has 0 amide bonds. The molecule has 3 nitrogen and oxygen atoms in total. The molecule has 0 fully saturated rings. The Balaban J connectivity index is 2.50. The lowest BCUT2D eigenvalue weighted by Crippen LogP contribution is -2.10. The molecule has 0 bridgehead atoms. The fraction of sp³-hybridized carbons (Fsp3) is 0.364. The van der Waals surface area contributed by atoms with E-state index in [1.54, 1.807) is 0 Å². The molecule has 80 valence electrons. The maximum Gasteiger partial charge on any atom is 0.192 e. The van der Waals surface area contributed by atoms with E-state index in [1.165, 1.54) is 0 Å². The Bertz CT molecular complexity index is 479. The lowest BCUT2D eigenvalue weighted by molar-refractivity contribution is 0.557. The molecule has 0 saturated heterocycles. The molecule has 1 heterocycles. The van der Waals surface area contributed by atoms with Gasteiger partial charge in [0.15, 0.2) is 11.5 Å². The molecule has 0 aliphatic carbocycles. The summed E-state index contributed by atoms with van der Waals surface area (Å²) in [6, 6.07) is 3.77. The summed E-state index contributed by atoms with van der Waals surface area (Å²) in [6.45, 7) is 2.74. The summed E-state index contributed by atoms with van der Waals surface area (Å²) in [4.78, 5) is 4.27. The minimum Gasteiger partial charge on any atom is -0.441 e. The molecule has 0 atom stereocenters. The first-order valence-electron chi connectivity index (χ1n) is 4.91. The van der Waals surface area contributed by atoms with Crippen molar-refractivity contribution in [2.24, 2.45) is 0 Å². The van der Waals surface area contributed by atoms with Crippen molar-refractivity contribution in [1.29, 1.82) is 0 Å². The van der Waals surface area contributed by atoms with Gasteiger partial charge >= 0.3 is 0 Å². The number of fused-ring (bicyclic) bond motifs is 1. The molecule has 15 heavy (non-hydrogen) atoms. The Hall–Kier alpha value is -1.06. The molecule has 0 aliphatic heterocycles. The zero-order valence-corrected chi connectivity index (χ0v) is 9.56. The number of hydrogen-bond donors (Lipinski definition) is 1. The summed E-state index contributed by atoms with van der Waals surface area (Å²) >= 11 is 6.01. The predicted octanol–water partition coefficient (Wildman–Crippen LogP) is 2.55. The molecule has 0 saturated carbocycles. The lowest BCUT2D eigenvalue weighted by atomic mass is 10.1. The van der Waals surface area contributed by atoms with E-state index in [-0.39, 0.29) is 0 Å². The summed E-state index contributed by atoms with van der Waals surface area (Å²) in [5.74, 6) is 0.679. The van der Waals surface area contributed by atoms with Crippen LogP contribution in [0.5, 0.6) is 0 Å². The minimum atomic E-state index is 0.679. The molecule has 0 spiro atoms. The van der Waals surface area contributed by atoms with Crippen LogP contribution in [0.1, 0.15) is 11.5 Å². The van der Waals surface area contributed by atoms with Crippen molar-refractivity contribution >= 4 is 22.7 Å². The molecular formula is C11H13ClN2O. The zero-order valence-electron chi connectivity index (χ0n) is 8.80. The average molecular weight is 225 g/mol. The largest absolute Gasteiger partial charge is 0.441 e. The van der Waals surface area contributed by atoms with Crippen molar-refractivity contribution < 1.29 is 4.42 Å². The van der Waals surface area contributed by atoms with E-state index < -0.39 is 0 Å². The average Bonchev–Trinajstić information content (AvgIpc) is 2.54. The second-order valence-electron chi connectivity index (χ2n) is 3.50. The Kier molecular flexibility index (Phi) is 2.93. The van der Waals surface area contributed by atoms with Crippen LogP contribution in [-0.4, -0.2) is 18.6 Å². The van der Waals surface area contributed by atoms with Gasteiger partial charge in [-0.2, -0.15) is 0 Å². The van der Waals surface area contributed by atoms with Crippen molar-refractivity contribution in [3.05, 3.63) is 28.6 Å². The van der Waals surface area contributed by atoms with Gasteiger partial charge in [-0.1, -0.05) is 11.6 Å².